The first kappa shape index (κ1) is 14.4. The Morgan fingerprint density at radius 2 is 1.57 bits per heavy atom. The van der Waals surface area contributed by atoms with Gasteiger partial charge in [0.2, 0.25) is 0 Å². The molecule has 114 valence electrons. The fraction of sp³-hybridized carbons (Fsp3) is 0.611. The predicted molar refractivity (Wildman–Crippen MR) is 88.7 cm³/mol. The highest BCUT2D eigenvalue weighted by molar-refractivity contribution is 5.56. The highest BCUT2D eigenvalue weighted by Crippen LogP contribution is 2.23. The number of nitrogens with two attached hydrogens (primary N) is 1. The Bertz CT molecular complexity index is 612. The van der Waals surface area contributed by atoms with Crippen LogP contribution in [0.4, 0.5) is 5.69 Å². The molecule has 3 rings (SSSR count). The van der Waals surface area contributed by atoms with E-state index >= 15 is 0 Å². The van der Waals surface area contributed by atoms with Crippen LogP contribution in [0.25, 0.3) is 5.65 Å². The van der Waals surface area contributed by atoms with Gasteiger partial charge in [0.25, 0.3) is 0 Å². The van der Waals surface area contributed by atoms with Crippen molar-refractivity contribution in [2.45, 2.75) is 71.1 Å². The SMILES string of the molecule is Cc1cc(N)cn2c3c(nc12)CCCCCCCCCC3. The number of rotatable bonds is 0. The molecule has 0 aliphatic heterocycles. The van der Waals surface area contributed by atoms with Crippen molar-refractivity contribution in [2.24, 2.45) is 0 Å². The van der Waals surface area contributed by atoms with Gasteiger partial charge in [0.05, 0.1) is 5.69 Å². The Kier molecular flexibility index (Phi) is 4.47. The van der Waals surface area contributed by atoms with E-state index in [-0.39, 0.29) is 0 Å². The topological polar surface area (TPSA) is 43.3 Å². The van der Waals surface area contributed by atoms with Gasteiger partial charge in [-0.25, -0.2) is 4.98 Å². The van der Waals surface area contributed by atoms with Gasteiger partial charge in [0.15, 0.2) is 0 Å². The summed E-state index contributed by atoms with van der Waals surface area (Å²) in [5.41, 5.74) is 11.9. The summed E-state index contributed by atoms with van der Waals surface area (Å²) in [4.78, 5) is 4.93. The molecule has 0 unspecified atom stereocenters. The third-order valence-corrected chi connectivity index (χ3v) is 4.68. The number of nitrogen functional groups attached to an aromatic ring is 1. The zero-order valence-electron chi connectivity index (χ0n) is 13.2. The first-order valence-corrected chi connectivity index (χ1v) is 8.51. The fourth-order valence-electron chi connectivity index (χ4n) is 3.54. The molecule has 1 aliphatic carbocycles. The Morgan fingerprint density at radius 3 is 2.29 bits per heavy atom. The van der Waals surface area contributed by atoms with Crippen LogP contribution in [0, 0.1) is 6.92 Å². The Hall–Kier alpha value is -1.51. The minimum absolute atomic E-state index is 0.839. The standard InChI is InChI=1S/C18H27N3/c1-14-12-15(19)13-21-17-11-9-7-5-3-2-4-6-8-10-16(17)20-18(14)21/h12-13H,2-11,19H2,1H3. The highest BCUT2D eigenvalue weighted by Gasteiger charge is 2.14. The third kappa shape index (κ3) is 3.22. The van der Waals surface area contributed by atoms with Gasteiger partial charge < -0.3 is 10.1 Å². The summed E-state index contributed by atoms with van der Waals surface area (Å²) in [7, 11) is 0. The first-order chi connectivity index (χ1) is 10.3. The highest BCUT2D eigenvalue weighted by atomic mass is 15.0. The molecular weight excluding hydrogens is 258 g/mol. The first-order valence-electron chi connectivity index (χ1n) is 8.51. The van der Waals surface area contributed by atoms with Crippen LogP contribution < -0.4 is 5.73 Å². The lowest BCUT2D eigenvalue weighted by Gasteiger charge is -2.09. The second-order valence-electron chi connectivity index (χ2n) is 6.48. The van der Waals surface area contributed by atoms with Gasteiger partial charge >= 0.3 is 0 Å². The van der Waals surface area contributed by atoms with Crippen molar-refractivity contribution < 1.29 is 0 Å². The van der Waals surface area contributed by atoms with E-state index in [1.165, 1.54) is 68.3 Å². The number of hydrogen-bond donors (Lipinski definition) is 1. The molecule has 2 aromatic heterocycles. The van der Waals surface area contributed by atoms with Crippen LogP contribution in [0.3, 0.4) is 0 Å². The van der Waals surface area contributed by atoms with Crippen LogP contribution in [-0.2, 0) is 12.8 Å². The second-order valence-corrected chi connectivity index (χ2v) is 6.48. The predicted octanol–water partition coefficient (Wildman–Crippen LogP) is 4.44. The quantitative estimate of drug-likeness (QED) is 0.777. The van der Waals surface area contributed by atoms with Gasteiger partial charge in [0, 0.05) is 17.6 Å². The molecule has 2 heterocycles. The molecule has 0 amide bonds. The molecule has 0 atom stereocenters. The van der Waals surface area contributed by atoms with Crippen molar-refractivity contribution in [1.29, 1.82) is 0 Å². The maximum absolute atomic E-state index is 6.04. The molecule has 0 aromatic carbocycles. The van der Waals surface area contributed by atoms with E-state index < -0.39 is 0 Å². The van der Waals surface area contributed by atoms with Gasteiger partial charge in [-0.05, 0) is 44.2 Å². The number of nitrogens with zero attached hydrogens (tertiary/aromatic N) is 2. The zero-order chi connectivity index (χ0) is 14.7. The largest absolute Gasteiger partial charge is 0.398 e. The smallest absolute Gasteiger partial charge is 0.140 e. The average molecular weight is 285 g/mol. The van der Waals surface area contributed by atoms with Crippen molar-refractivity contribution in [2.75, 3.05) is 5.73 Å². The molecular formula is C18H27N3. The number of anilines is 1. The van der Waals surface area contributed by atoms with E-state index in [4.69, 9.17) is 10.7 Å². The van der Waals surface area contributed by atoms with E-state index in [0.29, 0.717) is 0 Å². The molecule has 2 aromatic rings. The number of imidazole rings is 1. The summed E-state index contributed by atoms with van der Waals surface area (Å²) < 4.78 is 2.26. The van der Waals surface area contributed by atoms with Crippen molar-refractivity contribution >= 4 is 11.3 Å². The minimum Gasteiger partial charge on any atom is -0.398 e. The number of aromatic nitrogens is 2. The van der Waals surface area contributed by atoms with Gasteiger partial charge in [0.1, 0.15) is 5.65 Å². The summed E-state index contributed by atoms with van der Waals surface area (Å²) in [5.74, 6) is 0. The van der Waals surface area contributed by atoms with Crippen LogP contribution in [0.1, 0.15) is 68.3 Å². The van der Waals surface area contributed by atoms with Gasteiger partial charge in [-0.3, -0.25) is 0 Å². The molecule has 2 N–H and O–H groups in total. The van der Waals surface area contributed by atoms with Crippen LogP contribution in [0.5, 0.6) is 0 Å². The Morgan fingerprint density at radius 1 is 0.952 bits per heavy atom. The molecule has 0 saturated heterocycles. The second kappa shape index (κ2) is 6.50. The number of fused-ring (bicyclic) bond motifs is 3. The summed E-state index contributed by atoms with van der Waals surface area (Å²) in [6, 6.07) is 2.03. The molecule has 0 bridgehead atoms. The normalized spacial score (nSPS) is 18.0. The summed E-state index contributed by atoms with van der Waals surface area (Å²) in [6.07, 6.45) is 15.1. The maximum atomic E-state index is 6.04. The zero-order valence-corrected chi connectivity index (χ0v) is 13.2. The number of hydrogen-bond acceptors (Lipinski definition) is 2. The van der Waals surface area contributed by atoms with Crippen molar-refractivity contribution in [3.8, 4) is 0 Å². The molecule has 21 heavy (non-hydrogen) atoms. The van der Waals surface area contributed by atoms with E-state index in [1.54, 1.807) is 0 Å². The van der Waals surface area contributed by atoms with E-state index in [1.807, 2.05) is 6.07 Å². The average Bonchev–Trinajstić information content (AvgIpc) is 2.77. The van der Waals surface area contributed by atoms with Crippen molar-refractivity contribution in [3.05, 3.63) is 29.2 Å². The number of pyridine rings is 1. The summed E-state index contributed by atoms with van der Waals surface area (Å²) >= 11 is 0. The summed E-state index contributed by atoms with van der Waals surface area (Å²) in [5, 5.41) is 0. The third-order valence-electron chi connectivity index (χ3n) is 4.68. The Balaban J connectivity index is 1.96. The van der Waals surface area contributed by atoms with E-state index in [0.717, 1.165) is 24.2 Å². The number of aryl methyl sites for hydroxylation is 3. The van der Waals surface area contributed by atoms with Crippen molar-refractivity contribution in [1.82, 2.24) is 9.38 Å². The molecule has 3 nitrogen and oxygen atoms in total. The lowest BCUT2D eigenvalue weighted by molar-refractivity contribution is 0.555. The lowest BCUT2D eigenvalue weighted by atomic mass is 10.0. The summed E-state index contributed by atoms with van der Waals surface area (Å²) in [6.45, 7) is 2.11. The molecule has 0 fully saturated rings. The lowest BCUT2D eigenvalue weighted by Crippen LogP contribution is -2.00. The molecule has 1 aliphatic rings. The van der Waals surface area contributed by atoms with Crippen LogP contribution in [0.15, 0.2) is 12.3 Å². The van der Waals surface area contributed by atoms with Crippen LogP contribution in [-0.4, -0.2) is 9.38 Å². The van der Waals surface area contributed by atoms with Gasteiger partial charge in [-0.1, -0.05) is 38.5 Å². The Labute approximate surface area is 127 Å². The minimum atomic E-state index is 0.839. The van der Waals surface area contributed by atoms with Gasteiger partial charge in [-0.15, -0.1) is 0 Å². The van der Waals surface area contributed by atoms with Crippen LogP contribution in [0.2, 0.25) is 0 Å². The van der Waals surface area contributed by atoms with Crippen LogP contribution >= 0.6 is 0 Å². The molecule has 0 radical (unpaired) electrons. The molecule has 3 heteroatoms. The van der Waals surface area contributed by atoms with E-state index in [2.05, 4.69) is 17.5 Å². The maximum Gasteiger partial charge on any atom is 0.140 e. The van der Waals surface area contributed by atoms with Gasteiger partial charge in [-0.2, -0.15) is 0 Å². The molecule has 0 saturated carbocycles. The molecule has 0 spiro atoms. The monoisotopic (exact) mass is 285 g/mol. The van der Waals surface area contributed by atoms with E-state index in [9.17, 15) is 0 Å². The van der Waals surface area contributed by atoms with Crippen molar-refractivity contribution in [3.63, 3.8) is 0 Å². The fourth-order valence-corrected chi connectivity index (χ4v) is 3.54.